The molecule has 0 amide bonds. The Morgan fingerprint density at radius 1 is 1.53 bits per heavy atom. The van der Waals surface area contributed by atoms with E-state index in [0.29, 0.717) is 11.9 Å². The van der Waals surface area contributed by atoms with Gasteiger partial charge in [0.25, 0.3) is 0 Å². The molecular weight excluding hydrogens is 244 g/mol. The summed E-state index contributed by atoms with van der Waals surface area (Å²) in [7, 11) is 3.57. The van der Waals surface area contributed by atoms with E-state index in [0.717, 1.165) is 43.0 Å². The molecule has 1 aliphatic rings. The molecule has 1 unspecified atom stereocenters. The molecule has 0 spiro atoms. The number of anilines is 2. The SMILES string of the molecule is CNc1nc(N2CCC(COC)C2)c2cn[nH]c2n1. The molecule has 19 heavy (non-hydrogen) atoms. The average molecular weight is 262 g/mol. The zero-order chi connectivity index (χ0) is 13.2. The van der Waals surface area contributed by atoms with Crippen LogP contribution in [-0.4, -0.2) is 54.0 Å². The van der Waals surface area contributed by atoms with Crippen molar-refractivity contribution in [3.63, 3.8) is 0 Å². The zero-order valence-corrected chi connectivity index (χ0v) is 11.2. The molecule has 3 heterocycles. The highest BCUT2D eigenvalue weighted by molar-refractivity contribution is 5.87. The van der Waals surface area contributed by atoms with Crippen LogP contribution in [0.15, 0.2) is 6.20 Å². The van der Waals surface area contributed by atoms with Gasteiger partial charge in [-0.2, -0.15) is 15.1 Å². The number of nitrogens with zero attached hydrogens (tertiary/aromatic N) is 4. The Morgan fingerprint density at radius 3 is 3.21 bits per heavy atom. The maximum absolute atomic E-state index is 5.24. The quantitative estimate of drug-likeness (QED) is 0.851. The van der Waals surface area contributed by atoms with Gasteiger partial charge in [0, 0.05) is 33.2 Å². The first-order chi connectivity index (χ1) is 9.31. The molecule has 1 fully saturated rings. The van der Waals surface area contributed by atoms with Crippen LogP contribution in [0.3, 0.4) is 0 Å². The van der Waals surface area contributed by atoms with Gasteiger partial charge in [0.05, 0.1) is 18.2 Å². The highest BCUT2D eigenvalue weighted by atomic mass is 16.5. The molecule has 0 aromatic carbocycles. The lowest BCUT2D eigenvalue weighted by atomic mass is 10.1. The maximum Gasteiger partial charge on any atom is 0.226 e. The van der Waals surface area contributed by atoms with Crippen molar-refractivity contribution in [1.29, 1.82) is 0 Å². The van der Waals surface area contributed by atoms with Gasteiger partial charge in [-0.3, -0.25) is 5.10 Å². The van der Waals surface area contributed by atoms with Crippen LogP contribution in [0.25, 0.3) is 11.0 Å². The second-order valence-electron chi connectivity index (χ2n) is 4.81. The summed E-state index contributed by atoms with van der Waals surface area (Å²) in [4.78, 5) is 11.2. The zero-order valence-electron chi connectivity index (χ0n) is 11.2. The molecule has 0 aliphatic carbocycles. The summed E-state index contributed by atoms with van der Waals surface area (Å²) in [5.41, 5.74) is 0.768. The number of fused-ring (bicyclic) bond motifs is 1. The van der Waals surface area contributed by atoms with E-state index < -0.39 is 0 Å². The second kappa shape index (κ2) is 5.00. The largest absolute Gasteiger partial charge is 0.384 e. The predicted molar refractivity (Wildman–Crippen MR) is 73.4 cm³/mol. The summed E-state index contributed by atoms with van der Waals surface area (Å²) in [5, 5.41) is 10.9. The Bertz CT molecular complexity index is 568. The molecule has 1 atom stereocenters. The molecule has 2 N–H and O–H groups in total. The lowest BCUT2D eigenvalue weighted by molar-refractivity contribution is 0.161. The van der Waals surface area contributed by atoms with E-state index in [4.69, 9.17) is 4.74 Å². The summed E-state index contributed by atoms with van der Waals surface area (Å²) in [6.07, 6.45) is 2.92. The van der Waals surface area contributed by atoms with Crippen molar-refractivity contribution in [1.82, 2.24) is 20.2 Å². The lowest BCUT2D eigenvalue weighted by Gasteiger charge is -2.18. The fourth-order valence-corrected chi connectivity index (χ4v) is 2.57. The monoisotopic (exact) mass is 262 g/mol. The third-order valence-corrected chi connectivity index (χ3v) is 3.50. The molecule has 0 radical (unpaired) electrons. The van der Waals surface area contributed by atoms with Crippen LogP contribution in [-0.2, 0) is 4.74 Å². The van der Waals surface area contributed by atoms with Crippen molar-refractivity contribution >= 4 is 22.8 Å². The molecule has 0 bridgehead atoms. The number of nitrogens with one attached hydrogen (secondary N) is 2. The molecule has 1 aliphatic heterocycles. The number of hydrogen-bond acceptors (Lipinski definition) is 6. The van der Waals surface area contributed by atoms with Crippen LogP contribution in [0.5, 0.6) is 0 Å². The molecule has 7 nitrogen and oxygen atoms in total. The van der Waals surface area contributed by atoms with Crippen LogP contribution < -0.4 is 10.2 Å². The van der Waals surface area contributed by atoms with Crippen molar-refractivity contribution in [3.05, 3.63) is 6.20 Å². The van der Waals surface area contributed by atoms with E-state index in [1.165, 1.54) is 0 Å². The molecule has 2 aromatic rings. The Morgan fingerprint density at radius 2 is 2.42 bits per heavy atom. The molecular formula is C12H18N6O. The highest BCUT2D eigenvalue weighted by Crippen LogP contribution is 2.28. The van der Waals surface area contributed by atoms with E-state index in [-0.39, 0.29) is 0 Å². The summed E-state index contributed by atoms with van der Waals surface area (Å²) in [5.74, 6) is 2.13. The highest BCUT2D eigenvalue weighted by Gasteiger charge is 2.25. The van der Waals surface area contributed by atoms with Crippen LogP contribution in [0.4, 0.5) is 11.8 Å². The number of rotatable bonds is 4. The minimum absolute atomic E-state index is 0.569. The van der Waals surface area contributed by atoms with Gasteiger partial charge in [-0.1, -0.05) is 0 Å². The fraction of sp³-hybridized carbons (Fsp3) is 0.583. The van der Waals surface area contributed by atoms with E-state index >= 15 is 0 Å². The van der Waals surface area contributed by atoms with E-state index in [1.807, 2.05) is 7.05 Å². The second-order valence-corrected chi connectivity index (χ2v) is 4.81. The number of ether oxygens (including phenoxy) is 1. The van der Waals surface area contributed by atoms with Gasteiger partial charge < -0.3 is 15.0 Å². The first kappa shape index (κ1) is 12.2. The van der Waals surface area contributed by atoms with E-state index in [2.05, 4.69) is 30.4 Å². The average Bonchev–Trinajstić information content (AvgIpc) is 3.06. The van der Waals surface area contributed by atoms with Gasteiger partial charge in [0.1, 0.15) is 5.82 Å². The molecule has 2 aromatic heterocycles. The van der Waals surface area contributed by atoms with Crippen molar-refractivity contribution in [2.45, 2.75) is 6.42 Å². The number of methoxy groups -OCH3 is 1. The molecule has 1 saturated heterocycles. The lowest BCUT2D eigenvalue weighted by Crippen LogP contribution is -2.22. The summed E-state index contributed by atoms with van der Waals surface area (Å²) < 4.78 is 5.24. The van der Waals surface area contributed by atoms with Gasteiger partial charge in [0.15, 0.2) is 5.65 Å². The van der Waals surface area contributed by atoms with Gasteiger partial charge in [0.2, 0.25) is 5.95 Å². The van der Waals surface area contributed by atoms with E-state index in [9.17, 15) is 0 Å². The topological polar surface area (TPSA) is 79.0 Å². The van der Waals surface area contributed by atoms with Crippen LogP contribution in [0.2, 0.25) is 0 Å². The minimum Gasteiger partial charge on any atom is -0.384 e. The number of hydrogen-bond donors (Lipinski definition) is 2. The molecule has 0 saturated carbocycles. The van der Waals surface area contributed by atoms with Gasteiger partial charge in [-0.15, -0.1) is 0 Å². The van der Waals surface area contributed by atoms with Crippen molar-refractivity contribution < 1.29 is 4.74 Å². The van der Waals surface area contributed by atoms with Gasteiger partial charge in [-0.05, 0) is 6.42 Å². The number of H-pyrrole nitrogens is 1. The van der Waals surface area contributed by atoms with Gasteiger partial charge >= 0.3 is 0 Å². The fourth-order valence-electron chi connectivity index (χ4n) is 2.57. The normalized spacial score (nSPS) is 19.3. The summed E-state index contributed by atoms with van der Waals surface area (Å²) >= 11 is 0. The predicted octanol–water partition coefficient (Wildman–Crippen LogP) is 0.867. The standard InChI is InChI=1S/C12H18N6O/c1-13-12-15-10-9(5-14-17-10)11(16-12)18-4-3-8(6-18)7-19-2/h5,8H,3-4,6-7H2,1-2H3,(H2,13,14,15,16,17). The van der Waals surface area contributed by atoms with Crippen LogP contribution >= 0.6 is 0 Å². The summed E-state index contributed by atoms with van der Waals surface area (Å²) in [6, 6.07) is 0. The first-order valence-corrected chi connectivity index (χ1v) is 6.44. The van der Waals surface area contributed by atoms with Crippen LogP contribution in [0.1, 0.15) is 6.42 Å². The Balaban J connectivity index is 1.93. The summed E-state index contributed by atoms with van der Waals surface area (Å²) in [6.45, 7) is 2.76. The van der Waals surface area contributed by atoms with Crippen LogP contribution in [0, 0.1) is 5.92 Å². The molecule has 7 heteroatoms. The number of aromatic nitrogens is 4. The number of aromatic amines is 1. The minimum atomic E-state index is 0.569. The molecule has 3 rings (SSSR count). The Kier molecular flexibility index (Phi) is 3.20. The van der Waals surface area contributed by atoms with Gasteiger partial charge in [-0.25, -0.2) is 0 Å². The Labute approximate surface area is 111 Å². The smallest absolute Gasteiger partial charge is 0.226 e. The van der Waals surface area contributed by atoms with Crippen molar-refractivity contribution in [2.75, 3.05) is 44.1 Å². The maximum atomic E-state index is 5.24. The van der Waals surface area contributed by atoms with E-state index in [1.54, 1.807) is 13.3 Å². The third kappa shape index (κ3) is 2.21. The first-order valence-electron chi connectivity index (χ1n) is 6.44. The Hall–Kier alpha value is -1.89. The van der Waals surface area contributed by atoms with Crippen molar-refractivity contribution in [3.8, 4) is 0 Å². The van der Waals surface area contributed by atoms with Crippen molar-refractivity contribution in [2.24, 2.45) is 5.92 Å². The third-order valence-electron chi connectivity index (χ3n) is 3.50. The molecule has 102 valence electrons.